The molecule has 538 valence electrons. The number of nitriles is 1. The highest BCUT2D eigenvalue weighted by Crippen LogP contribution is 2.51. The zero-order valence-electron chi connectivity index (χ0n) is 50.4. The van der Waals surface area contributed by atoms with Gasteiger partial charge in [0.2, 0.25) is 0 Å². The van der Waals surface area contributed by atoms with Crippen LogP contribution in [0.1, 0.15) is 61.2 Å². The molecule has 2 heterocycles. The lowest BCUT2D eigenvalue weighted by Gasteiger charge is -2.22. The molecule has 10 aromatic carbocycles. The van der Waals surface area contributed by atoms with Crippen molar-refractivity contribution in [2.45, 2.75) is 61.8 Å². The lowest BCUT2D eigenvalue weighted by atomic mass is 9.92. The van der Waals surface area contributed by atoms with Crippen LogP contribution in [-0.2, 0) is 61.8 Å². The molecule has 3 nitrogen and oxygen atoms in total. The predicted octanol–water partition coefficient (Wildman–Crippen LogP) is 26.3. The van der Waals surface area contributed by atoms with Crippen LogP contribution in [0.15, 0.2) is 176 Å². The summed E-state index contributed by atoms with van der Waals surface area (Å²) in [5, 5.41) is 9.25. The fourth-order valence-electron chi connectivity index (χ4n) is 12.2. The third-order valence-corrected chi connectivity index (χ3v) is 16.9. The quantitative estimate of drug-likeness (QED) is 0.146. The second-order valence-corrected chi connectivity index (χ2v) is 23.5. The molecule has 2 aromatic heterocycles. The van der Waals surface area contributed by atoms with E-state index in [2.05, 4.69) is 0 Å². The summed E-state index contributed by atoms with van der Waals surface area (Å²) in [6, 6.07) is 14.5. The Morgan fingerprint density at radius 2 is 0.452 bits per heavy atom. The van der Waals surface area contributed by atoms with Crippen molar-refractivity contribution in [1.82, 2.24) is 9.13 Å². The van der Waals surface area contributed by atoms with Crippen LogP contribution in [0.25, 0.3) is 111 Å². The van der Waals surface area contributed by atoms with Gasteiger partial charge in [0.05, 0.1) is 101 Å². The second kappa shape index (κ2) is 24.1. The first-order chi connectivity index (χ1) is 47.8. The Morgan fingerprint density at radius 1 is 0.212 bits per heavy atom. The van der Waals surface area contributed by atoms with Gasteiger partial charge in [-0.1, -0.05) is 30.3 Å². The Balaban J connectivity index is 1.26. The second-order valence-electron chi connectivity index (χ2n) is 23.5. The first-order valence-corrected chi connectivity index (χ1v) is 29.0. The van der Waals surface area contributed by atoms with Crippen LogP contribution in [-0.4, -0.2) is 9.13 Å². The molecule has 0 spiro atoms. The van der Waals surface area contributed by atoms with E-state index < -0.39 is 234 Å². The maximum Gasteiger partial charge on any atom is 0.417 e. The number of halogens is 30. The fraction of sp³-hybridized carbons (Fsp3) is 0.141. The number of fused-ring (bicyclic) bond motifs is 6. The van der Waals surface area contributed by atoms with Gasteiger partial charge in [-0.05, 0) is 196 Å². The van der Waals surface area contributed by atoms with E-state index in [9.17, 15) is 124 Å². The van der Waals surface area contributed by atoms with Crippen LogP contribution >= 0.6 is 0 Å². The molecular weight excluding hydrogens is 1460 g/mol. The van der Waals surface area contributed by atoms with E-state index in [1.807, 2.05) is 0 Å². The smallest absolute Gasteiger partial charge is 0.307 e. The molecule has 0 aliphatic carbocycles. The Hall–Kier alpha value is -10.8. The van der Waals surface area contributed by atoms with Crippen LogP contribution in [0, 0.1) is 11.3 Å². The number of hydrogen-bond acceptors (Lipinski definition) is 1. The molecule has 0 unspecified atom stereocenters. The van der Waals surface area contributed by atoms with Gasteiger partial charge in [-0.3, -0.25) is 0 Å². The van der Waals surface area contributed by atoms with Crippen molar-refractivity contribution in [3.8, 4) is 73.1 Å². The monoisotopic (exact) mass is 1490 g/mol. The zero-order chi connectivity index (χ0) is 76.3. The summed E-state index contributed by atoms with van der Waals surface area (Å²) >= 11 is 0. The van der Waals surface area contributed by atoms with E-state index in [0.29, 0.717) is 6.07 Å². The SMILES string of the molecule is N#Cc1cc(-n2c3ccc(-c4cc(C(F)(F)F)cc(C(F)(F)F)c4)cc3c3cc(-c4cc(C(F)(F)F)cc(C(F)(F)F)c4)ccc32)c(-n2c3ccc(-c4cc(C(F)(F)F)cc(C(F)(F)F)c4)cc3c3cc(-c4cc(C(F)(F)F)cc(C(F)(F)F)c4)ccc32)cc1-c1ccc(C(F)(F)F)cc1C(F)(F)F. The number of benzene rings is 10. The number of rotatable bonds is 7. The van der Waals surface area contributed by atoms with Gasteiger partial charge in [0.1, 0.15) is 0 Å². The molecule has 104 heavy (non-hydrogen) atoms. The standard InChI is InChI=1S/C71H29F30N3/c72-62(73,74)40-5-6-49(55(28-40)71(99,100)101)50-29-61(104-58-9-3-33(37-15-45(67(87,88)89)26-46(16-37)68(90,91)92)21-53(58)54-22-34(4-10-59(54)104)38-17-47(69(93,94)95)27-48(18-38)70(96,97)98)60(23-39(50)30-102)103-56-7-1-31(35-11-41(63(75,76)77)24-42(12-35)64(78,79)80)19-51(56)52-20-32(2-8-57(52)103)36-13-43(65(81,82)83)25-44(14-36)66(84,85)86/h1-29H. The number of hydrogen-bond donors (Lipinski definition) is 0. The van der Waals surface area contributed by atoms with Crippen molar-refractivity contribution < 1.29 is 132 Å². The number of nitrogens with zero attached hydrogens (tertiary/aromatic N) is 3. The van der Waals surface area contributed by atoms with E-state index in [4.69, 9.17) is 0 Å². The summed E-state index contributed by atoms with van der Waals surface area (Å²) in [6.07, 6.45) is -55.4. The average molecular weight is 1490 g/mol. The van der Waals surface area contributed by atoms with Gasteiger partial charge in [-0.15, -0.1) is 0 Å². The predicted molar refractivity (Wildman–Crippen MR) is 317 cm³/mol. The average Bonchev–Trinajstić information content (AvgIpc) is 1.53. The largest absolute Gasteiger partial charge is 0.417 e. The first-order valence-electron chi connectivity index (χ1n) is 29.0. The van der Waals surface area contributed by atoms with Crippen LogP contribution in [0.4, 0.5) is 132 Å². The highest BCUT2D eigenvalue weighted by Gasteiger charge is 2.44. The molecular formula is C71H29F30N3. The zero-order valence-corrected chi connectivity index (χ0v) is 50.4. The van der Waals surface area contributed by atoms with Gasteiger partial charge < -0.3 is 9.13 Å². The van der Waals surface area contributed by atoms with Gasteiger partial charge in [-0.25, -0.2) is 0 Å². The molecule has 0 amide bonds. The molecule has 0 saturated carbocycles. The van der Waals surface area contributed by atoms with Crippen molar-refractivity contribution in [3.05, 3.63) is 237 Å². The fourth-order valence-corrected chi connectivity index (χ4v) is 12.2. The Morgan fingerprint density at radius 3 is 0.673 bits per heavy atom. The number of alkyl halides is 30. The minimum atomic E-state index is -5.80. The maximum atomic E-state index is 15.4. The summed E-state index contributed by atoms with van der Waals surface area (Å²) < 4.78 is 438. The highest BCUT2D eigenvalue weighted by atomic mass is 19.4. The first kappa shape index (κ1) is 73.0. The molecule has 12 rings (SSSR count). The van der Waals surface area contributed by atoms with Crippen molar-refractivity contribution in [3.63, 3.8) is 0 Å². The van der Waals surface area contributed by atoms with Gasteiger partial charge in [0.25, 0.3) is 0 Å². The molecule has 0 bridgehead atoms. The minimum Gasteiger partial charge on any atom is -0.307 e. The van der Waals surface area contributed by atoms with Crippen molar-refractivity contribution >= 4 is 43.6 Å². The molecule has 0 aliphatic heterocycles. The van der Waals surface area contributed by atoms with E-state index in [1.165, 1.54) is 0 Å². The Labute approximate surface area is 560 Å². The lowest BCUT2D eigenvalue weighted by molar-refractivity contribution is -0.144. The van der Waals surface area contributed by atoms with Gasteiger partial charge in [0.15, 0.2) is 0 Å². The molecule has 0 saturated heterocycles. The highest BCUT2D eigenvalue weighted by molar-refractivity contribution is 6.14. The number of aromatic nitrogens is 2. The van der Waals surface area contributed by atoms with Crippen molar-refractivity contribution in [1.29, 1.82) is 5.26 Å². The Kier molecular flexibility index (Phi) is 16.9. The third-order valence-electron chi connectivity index (χ3n) is 16.9. The molecule has 33 heteroatoms. The normalized spacial score (nSPS) is 13.5. The summed E-state index contributed by atoms with van der Waals surface area (Å²) in [4.78, 5) is 0. The minimum absolute atomic E-state index is 0.144. The molecule has 0 radical (unpaired) electrons. The summed E-state index contributed by atoms with van der Waals surface area (Å²) in [5.74, 6) is 0. The lowest BCUT2D eigenvalue weighted by Crippen LogP contribution is -2.13. The van der Waals surface area contributed by atoms with Gasteiger partial charge in [-0.2, -0.15) is 137 Å². The molecule has 0 aliphatic rings. The molecule has 0 fully saturated rings. The van der Waals surface area contributed by atoms with Crippen molar-refractivity contribution in [2.75, 3.05) is 0 Å². The summed E-state index contributed by atoms with van der Waals surface area (Å²) in [6.45, 7) is 0. The summed E-state index contributed by atoms with van der Waals surface area (Å²) in [5.41, 5.74) is -31.2. The Bertz CT molecular complexity index is 5140. The van der Waals surface area contributed by atoms with E-state index in [-0.39, 0.29) is 91.0 Å². The molecule has 0 N–H and O–H groups in total. The van der Waals surface area contributed by atoms with Crippen LogP contribution in [0.2, 0.25) is 0 Å². The van der Waals surface area contributed by atoms with E-state index in [1.54, 1.807) is 6.07 Å². The molecule has 12 aromatic rings. The summed E-state index contributed by atoms with van der Waals surface area (Å²) in [7, 11) is 0. The van der Waals surface area contributed by atoms with Crippen LogP contribution < -0.4 is 0 Å². The van der Waals surface area contributed by atoms with E-state index >= 15 is 13.2 Å². The van der Waals surface area contributed by atoms with Gasteiger partial charge in [0, 0.05) is 27.1 Å². The topological polar surface area (TPSA) is 33.6 Å². The van der Waals surface area contributed by atoms with E-state index in [0.717, 1.165) is 88.0 Å². The maximum absolute atomic E-state index is 15.4. The molecule has 0 atom stereocenters. The van der Waals surface area contributed by atoms with Crippen LogP contribution in [0.3, 0.4) is 0 Å². The van der Waals surface area contributed by atoms with Crippen LogP contribution in [0.5, 0.6) is 0 Å². The third kappa shape index (κ3) is 13.8. The van der Waals surface area contributed by atoms with Crippen molar-refractivity contribution in [2.24, 2.45) is 0 Å². The van der Waals surface area contributed by atoms with Gasteiger partial charge >= 0.3 is 61.8 Å².